The van der Waals surface area contributed by atoms with E-state index in [2.05, 4.69) is 0 Å². The fourth-order valence-corrected chi connectivity index (χ4v) is 2.85. The van der Waals surface area contributed by atoms with Crippen LogP contribution in [0, 0.1) is 20.8 Å². The first-order chi connectivity index (χ1) is 11.5. The highest BCUT2D eigenvalue weighted by molar-refractivity contribution is 5.88. The second-order valence-corrected chi connectivity index (χ2v) is 6.06. The Morgan fingerprint density at radius 1 is 1.17 bits per heavy atom. The van der Waals surface area contributed by atoms with Crippen LogP contribution in [0.25, 0.3) is 11.0 Å². The van der Waals surface area contributed by atoms with E-state index >= 15 is 0 Å². The monoisotopic (exact) mass is 331 g/mol. The zero-order valence-corrected chi connectivity index (χ0v) is 14.2. The van der Waals surface area contributed by atoms with Crippen LogP contribution < -0.4 is 10.4 Å². The maximum atomic E-state index is 12.3. The Morgan fingerprint density at radius 2 is 1.88 bits per heavy atom. The Morgan fingerprint density at radius 3 is 2.58 bits per heavy atom. The lowest BCUT2D eigenvalue weighted by Gasteiger charge is -2.26. The van der Waals surface area contributed by atoms with Gasteiger partial charge in [0, 0.05) is 18.7 Å². The third-order valence-electron chi connectivity index (χ3n) is 4.37. The smallest absolute Gasteiger partial charge is 0.339 e. The first kappa shape index (κ1) is 16.5. The summed E-state index contributed by atoms with van der Waals surface area (Å²) in [5.74, 6) is 0.496. The van der Waals surface area contributed by atoms with E-state index in [0.29, 0.717) is 43.2 Å². The summed E-state index contributed by atoms with van der Waals surface area (Å²) in [6.07, 6.45) is 0. The van der Waals surface area contributed by atoms with Crippen molar-refractivity contribution in [3.63, 3.8) is 0 Å². The quantitative estimate of drug-likeness (QED) is 0.804. The Bertz CT molecular complexity index is 833. The van der Waals surface area contributed by atoms with E-state index in [1.54, 1.807) is 17.9 Å². The molecule has 1 aliphatic heterocycles. The van der Waals surface area contributed by atoms with Gasteiger partial charge in [-0.05, 0) is 44.0 Å². The number of benzene rings is 1. The van der Waals surface area contributed by atoms with Crippen molar-refractivity contribution in [2.24, 2.45) is 0 Å². The number of morpholine rings is 1. The van der Waals surface area contributed by atoms with Crippen LogP contribution in [0.4, 0.5) is 0 Å². The molecule has 1 aromatic carbocycles. The Kier molecular flexibility index (Phi) is 4.57. The van der Waals surface area contributed by atoms with Crippen LogP contribution >= 0.6 is 0 Å². The average molecular weight is 331 g/mol. The van der Waals surface area contributed by atoms with Gasteiger partial charge in [-0.15, -0.1) is 0 Å². The molecule has 1 amide bonds. The highest BCUT2D eigenvalue weighted by atomic mass is 16.5. The van der Waals surface area contributed by atoms with Crippen molar-refractivity contribution in [3.8, 4) is 5.75 Å². The maximum Gasteiger partial charge on any atom is 0.339 e. The van der Waals surface area contributed by atoms with Gasteiger partial charge in [-0.25, -0.2) is 4.79 Å². The fourth-order valence-electron chi connectivity index (χ4n) is 2.85. The molecular formula is C18H21NO5. The SMILES string of the molecule is Cc1cc(OCC(=O)N2CCOCC2)c2c(C)c(C)c(=O)oc2c1. The molecule has 0 aliphatic carbocycles. The standard InChI is InChI=1S/C18H21NO5/c1-11-8-14(23-10-16(20)19-4-6-22-7-5-19)17-12(2)13(3)18(21)24-15(17)9-11/h8-9H,4-7,10H2,1-3H3. The van der Waals surface area contributed by atoms with Gasteiger partial charge in [-0.2, -0.15) is 0 Å². The lowest BCUT2D eigenvalue weighted by molar-refractivity contribution is -0.137. The lowest BCUT2D eigenvalue weighted by Crippen LogP contribution is -2.43. The van der Waals surface area contributed by atoms with Gasteiger partial charge in [0.2, 0.25) is 0 Å². The number of carbonyl (C=O) groups excluding carboxylic acids is 1. The van der Waals surface area contributed by atoms with Gasteiger partial charge in [-0.1, -0.05) is 0 Å². The minimum absolute atomic E-state index is 0.0455. The third-order valence-corrected chi connectivity index (χ3v) is 4.37. The minimum Gasteiger partial charge on any atom is -0.483 e. The molecule has 6 heteroatoms. The van der Waals surface area contributed by atoms with E-state index in [-0.39, 0.29) is 18.1 Å². The van der Waals surface area contributed by atoms with E-state index in [1.807, 2.05) is 19.9 Å². The van der Waals surface area contributed by atoms with E-state index in [9.17, 15) is 9.59 Å². The molecule has 2 aromatic rings. The van der Waals surface area contributed by atoms with Crippen LogP contribution in [0.15, 0.2) is 21.3 Å². The Balaban J connectivity index is 1.90. The van der Waals surface area contributed by atoms with Crippen LogP contribution in [0.5, 0.6) is 5.75 Å². The van der Waals surface area contributed by atoms with Gasteiger partial charge in [-0.3, -0.25) is 4.79 Å². The highest BCUT2D eigenvalue weighted by Crippen LogP contribution is 2.30. The number of hydrogen-bond donors (Lipinski definition) is 0. The summed E-state index contributed by atoms with van der Waals surface area (Å²) >= 11 is 0. The first-order valence-corrected chi connectivity index (χ1v) is 8.00. The number of carbonyl (C=O) groups is 1. The summed E-state index contributed by atoms with van der Waals surface area (Å²) < 4.78 is 16.4. The van der Waals surface area contributed by atoms with Gasteiger partial charge in [0.25, 0.3) is 5.91 Å². The maximum absolute atomic E-state index is 12.3. The third kappa shape index (κ3) is 3.14. The lowest BCUT2D eigenvalue weighted by atomic mass is 10.0. The molecule has 1 fully saturated rings. The van der Waals surface area contributed by atoms with E-state index < -0.39 is 0 Å². The van der Waals surface area contributed by atoms with Crippen molar-refractivity contribution in [1.82, 2.24) is 4.90 Å². The molecule has 0 bridgehead atoms. The molecule has 0 atom stereocenters. The summed E-state index contributed by atoms with van der Waals surface area (Å²) in [4.78, 5) is 25.9. The molecule has 0 saturated carbocycles. The average Bonchev–Trinajstić information content (AvgIpc) is 2.57. The van der Waals surface area contributed by atoms with Crippen LogP contribution in [-0.2, 0) is 9.53 Å². The van der Waals surface area contributed by atoms with Crippen LogP contribution in [0.2, 0.25) is 0 Å². The fraction of sp³-hybridized carbons (Fsp3) is 0.444. The van der Waals surface area contributed by atoms with E-state index in [0.717, 1.165) is 16.5 Å². The summed E-state index contributed by atoms with van der Waals surface area (Å²) in [5, 5.41) is 0.743. The predicted molar refractivity (Wildman–Crippen MR) is 89.6 cm³/mol. The van der Waals surface area contributed by atoms with Gasteiger partial charge in [0.1, 0.15) is 11.3 Å². The van der Waals surface area contributed by atoms with Crippen molar-refractivity contribution < 1.29 is 18.7 Å². The number of nitrogens with zero attached hydrogens (tertiary/aromatic N) is 1. The molecule has 0 spiro atoms. The number of hydrogen-bond acceptors (Lipinski definition) is 5. The molecule has 0 unspecified atom stereocenters. The van der Waals surface area contributed by atoms with E-state index in [1.165, 1.54) is 0 Å². The first-order valence-electron chi connectivity index (χ1n) is 8.00. The predicted octanol–water partition coefficient (Wildman–Crippen LogP) is 1.96. The molecular weight excluding hydrogens is 310 g/mol. The second-order valence-electron chi connectivity index (χ2n) is 6.06. The molecule has 3 rings (SSSR count). The zero-order chi connectivity index (χ0) is 17.3. The normalized spacial score (nSPS) is 14.9. The topological polar surface area (TPSA) is 69.0 Å². The molecule has 0 N–H and O–H groups in total. The molecule has 1 aliphatic rings. The van der Waals surface area contributed by atoms with Crippen molar-refractivity contribution >= 4 is 16.9 Å². The summed E-state index contributed by atoms with van der Waals surface area (Å²) in [6, 6.07) is 3.67. The highest BCUT2D eigenvalue weighted by Gasteiger charge is 2.19. The Labute approximate surface area is 140 Å². The van der Waals surface area contributed by atoms with E-state index in [4.69, 9.17) is 13.9 Å². The molecule has 0 radical (unpaired) electrons. The Hall–Kier alpha value is -2.34. The van der Waals surface area contributed by atoms with Crippen LogP contribution in [0.3, 0.4) is 0 Å². The number of rotatable bonds is 3. The van der Waals surface area contributed by atoms with Crippen LogP contribution in [-0.4, -0.2) is 43.7 Å². The van der Waals surface area contributed by atoms with Crippen LogP contribution in [0.1, 0.15) is 16.7 Å². The molecule has 6 nitrogen and oxygen atoms in total. The number of fused-ring (bicyclic) bond motifs is 1. The van der Waals surface area contributed by atoms with Crippen molar-refractivity contribution in [1.29, 1.82) is 0 Å². The molecule has 128 valence electrons. The number of aryl methyl sites for hydroxylation is 2. The molecule has 1 aromatic heterocycles. The molecule has 24 heavy (non-hydrogen) atoms. The number of ether oxygens (including phenoxy) is 2. The molecule has 2 heterocycles. The second kappa shape index (κ2) is 6.65. The van der Waals surface area contributed by atoms with Crippen molar-refractivity contribution in [2.75, 3.05) is 32.9 Å². The zero-order valence-electron chi connectivity index (χ0n) is 14.2. The minimum atomic E-state index is -0.346. The van der Waals surface area contributed by atoms with Gasteiger partial charge in [0.15, 0.2) is 6.61 Å². The summed E-state index contributed by atoms with van der Waals surface area (Å²) in [5.41, 5.74) is 2.41. The largest absolute Gasteiger partial charge is 0.483 e. The van der Waals surface area contributed by atoms with Crippen molar-refractivity contribution in [2.45, 2.75) is 20.8 Å². The molecule has 1 saturated heterocycles. The summed E-state index contributed by atoms with van der Waals surface area (Å²) in [6.45, 7) is 7.73. The summed E-state index contributed by atoms with van der Waals surface area (Å²) in [7, 11) is 0. The number of amides is 1. The van der Waals surface area contributed by atoms with Gasteiger partial charge in [0.05, 0.1) is 18.6 Å². The van der Waals surface area contributed by atoms with Crippen molar-refractivity contribution in [3.05, 3.63) is 39.2 Å². The van der Waals surface area contributed by atoms with Gasteiger partial charge < -0.3 is 18.8 Å². The van der Waals surface area contributed by atoms with Gasteiger partial charge >= 0.3 is 5.63 Å².